The number of fused-ring (bicyclic) bond motifs is 2. The van der Waals surface area contributed by atoms with Gasteiger partial charge in [0.15, 0.2) is 0 Å². The van der Waals surface area contributed by atoms with E-state index < -0.39 is 10.0 Å². The number of sulfonamides is 1. The summed E-state index contributed by atoms with van der Waals surface area (Å²) in [6, 6.07) is 1.94. The van der Waals surface area contributed by atoms with Crippen LogP contribution < -0.4 is 25.8 Å². The molecule has 12 heteroatoms. The maximum Gasteiger partial charge on any atom is 0.230 e. The fourth-order valence-corrected chi connectivity index (χ4v) is 6.56. The van der Waals surface area contributed by atoms with E-state index >= 15 is 0 Å². The van der Waals surface area contributed by atoms with Gasteiger partial charge in [0.1, 0.15) is 5.82 Å². The third-order valence-electron chi connectivity index (χ3n) is 6.55. The number of ether oxygens (including phenoxy) is 1. The maximum atomic E-state index is 12.3. The van der Waals surface area contributed by atoms with Gasteiger partial charge in [0.25, 0.3) is 0 Å². The van der Waals surface area contributed by atoms with Crippen molar-refractivity contribution >= 4 is 21.8 Å². The molecule has 3 unspecified atom stereocenters. The first kappa shape index (κ1) is 22.5. The third kappa shape index (κ3) is 4.87. The van der Waals surface area contributed by atoms with E-state index in [4.69, 9.17) is 9.72 Å². The van der Waals surface area contributed by atoms with Crippen LogP contribution in [0, 0.1) is 0 Å². The quantitative estimate of drug-likeness (QED) is 0.440. The number of piperidine rings is 2. The predicted octanol–water partition coefficient (Wildman–Crippen LogP) is -0.137. The minimum atomic E-state index is -3.21. The van der Waals surface area contributed by atoms with Gasteiger partial charge in [-0.1, -0.05) is 6.42 Å². The molecule has 5 atom stereocenters. The van der Waals surface area contributed by atoms with E-state index in [0.717, 1.165) is 32.1 Å². The molecule has 3 saturated heterocycles. The lowest BCUT2D eigenvalue weighted by molar-refractivity contribution is 0.110. The zero-order valence-corrected chi connectivity index (χ0v) is 19.1. The molecule has 0 spiro atoms. The van der Waals surface area contributed by atoms with Gasteiger partial charge in [0, 0.05) is 43.7 Å². The molecule has 31 heavy (non-hydrogen) atoms. The van der Waals surface area contributed by atoms with Crippen LogP contribution in [0.4, 0.5) is 11.8 Å². The summed E-state index contributed by atoms with van der Waals surface area (Å²) in [6.07, 6.45) is 6.33. The van der Waals surface area contributed by atoms with Gasteiger partial charge >= 0.3 is 0 Å². The van der Waals surface area contributed by atoms with Crippen LogP contribution >= 0.6 is 0 Å². The molecule has 0 saturated carbocycles. The molecule has 0 aliphatic carbocycles. The van der Waals surface area contributed by atoms with Crippen molar-refractivity contribution < 1.29 is 18.3 Å². The Labute approximate surface area is 183 Å². The maximum absolute atomic E-state index is 12.3. The molecule has 1 aromatic heterocycles. The van der Waals surface area contributed by atoms with Gasteiger partial charge in [0.2, 0.25) is 21.9 Å². The summed E-state index contributed by atoms with van der Waals surface area (Å²) in [5.74, 6) is 1.63. The number of hydrazine groups is 1. The van der Waals surface area contributed by atoms with E-state index in [9.17, 15) is 13.5 Å². The van der Waals surface area contributed by atoms with Gasteiger partial charge < -0.3 is 20.1 Å². The molecule has 4 N–H and O–H groups in total. The Balaban J connectivity index is 1.51. The van der Waals surface area contributed by atoms with Gasteiger partial charge in [-0.15, -0.1) is 0 Å². The molecule has 4 heterocycles. The molecule has 3 fully saturated rings. The second kappa shape index (κ2) is 9.02. The number of rotatable bonds is 7. The summed E-state index contributed by atoms with van der Waals surface area (Å²) in [5, 5.41) is 12.6. The number of methoxy groups -OCH3 is 1. The number of nitrogens with one attached hydrogen (secondary N) is 3. The van der Waals surface area contributed by atoms with Crippen molar-refractivity contribution in [3.05, 3.63) is 6.07 Å². The fourth-order valence-electron chi connectivity index (χ4n) is 5.09. The SMILES string of the molecule is COc1cc(NC2CC(CO)NN2)nc(N(C)C2C[C@H]3CCC[C@@H](C2)N3S(C)(=O)=O)n1. The lowest BCUT2D eigenvalue weighted by Crippen LogP contribution is -2.58. The van der Waals surface area contributed by atoms with Gasteiger partial charge in [-0.05, 0) is 25.7 Å². The molecule has 2 bridgehead atoms. The summed E-state index contributed by atoms with van der Waals surface area (Å²) in [5.41, 5.74) is 6.13. The van der Waals surface area contributed by atoms with E-state index in [1.165, 1.54) is 6.26 Å². The zero-order chi connectivity index (χ0) is 22.2. The topological polar surface area (TPSA) is 132 Å². The van der Waals surface area contributed by atoms with E-state index in [1.807, 2.05) is 7.05 Å². The average Bonchev–Trinajstić information content (AvgIpc) is 3.18. The monoisotopic (exact) mass is 455 g/mol. The Kier molecular flexibility index (Phi) is 6.54. The first-order valence-corrected chi connectivity index (χ1v) is 12.7. The zero-order valence-electron chi connectivity index (χ0n) is 18.3. The second-order valence-corrected chi connectivity index (χ2v) is 10.7. The molecule has 11 nitrogen and oxygen atoms in total. The van der Waals surface area contributed by atoms with E-state index in [1.54, 1.807) is 17.5 Å². The van der Waals surface area contributed by atoms with Gasteiger partial charge in [0.05, 0.1) is 26.1 Å². The summed E-state index contributed by atoms with van der Waals surface area (Å²) in [4.78, 5) is 11.3. The Morgan fingerprint density at radius 1 is 1.26 bits per heavy atom. The highest BCUT2D eigenvalue weighted by Crippen LogP contribution is 2.38. The van der Waals surface area contributed by atoms with Crippen LogP contribution in [0.1, 0.15) is 38.5 Å². The van der Waals surface area contributed by atoms with E-state index in [2.05, 4.69) is 26.1 Å². The molecular formula is C19H33N7O4S. The largest absolute Gasteiger partial charge is 0.481 e. The van der Waals surface area contributed by atoms with Crippen LogP contribution in [-0.4, -0.2) is 85.2 Å². The molecule has 3 aliphatic rings. The van der Waals surface area contributed by atoms with Crippen molar-refractivity contribution in [2.45, 2.75) is 68.9 Å². The van der Waals surface area contributed by atoms with Crippen LogP contribution in [0.5, 0.6) is 5.88 Å². The highest BCUT2D eigenvalue weighted by molar-refractivity contribution is 7.88. The number of nitrogens with zero attached hydrogens (tertiary/aromatic N) is 4. The van der Waals surface area contributed by atoms with Crippen LogP contribution in [0.2, 0.25) is 0 Å². The van der Waals surface area contributed by atoms with Crippen molar-refractivity contribution in [2.24, 2.45) is 0 Å². The number of aromatic nitrogens is 2. The van der Waals surface area contributed by atoms with E-state index in [0.29, 0.717) is 24.1 Å². The minimum Gasteiger partial charge on any atom is -0.481 e. The fraction of sp³-hybridized carbons (Fsp3) is 0.789. The second-order valence-electron chi connectivity index (χ2n) is 8.76. The molecule has 174 valence electrons. The van der Waals surface area contributed by atoms with Crippen LogP contribution in [0.25, 0.3) is 0 Å². The van der Waals surface area contributed by atoms with Crippen LogP contribution in [0.3, 0.4) is 0 Å². The Bertz CT molecular complexity index is 872. The highest BCUT2D eigenvalue weighted by Gasteiger charge is 2.44. The molecule has 0 aromatic carbocycles. The molecule has 1 aromatic rings. The van der Waals surface area contributed by atoms with Gasteiger partial charge in [-0.2, -0.15) is 14.3 Å². The van der Waals surface area contributed by atoms with Gasteiger partial charge in [-0.3, -0.25) is 5.43 Å². The summed E-state index contributed by atoms with van der Waals surface area (Å²) < 4.78 is 31.8. The Morgan fingerprint density at radius 2 is 1.97 bits per heavy atom. The Hall–Kier alpha value is -1.73. The lowest BCUT2D eigenvalue weighted by Gasteiger charge is -2.49. The number of anilines is 2. The molecular weight excluding hydrogens is 422 g/mol. The van der Waals surface area contributed by atoms with Crippen molar-refractivity contribution in [1.29, 1.82) is 0 Å². The molecule has 0 radical (unpaired) electrons. The lowest BCUT2D eigenvalue weighted by atomic mass is 9.83. The minimum absolute atomic E-state index is 0.0113. The highest BCUT2D eigenvalue weighted by atomic mass is 32.2. The third-order valence-corrected chi connectivity index (χ3v) is 7.92. The van der Waals surface area contributed by atoms with Crippen molar-refractivity contribution in [3.63, 3.8) is 0 Å². The number of hydrogen-bond donors (Lipinski definition) is 4. The van der Waals surface area contributed by atoms with E-state index in [-0.39, 0.29) is 36.9 Å². The molecule has 4 rings (SSSR count). The molecule has 0 amide bonds. The summed E-state index contributed by atoms with van der Waals surface area (Å²) >= 11 is 0. The normalized spacial score (nSPS) is 31.4. The average molecular weight is 456 g/mol. The van der Waals surface area contributed by atoms with Crippen molar-refractivity contribution in [3.8, 4) is 5.88 Å². The summed E-state index contributed by atoms with van der Waals surface area (Å²) in [7, 11) is 0.322. The standard InChI is InChI=1S/C19H33N7O4S/c1-25(15-8-13-5-4-6-14(9-15)26(13)31(3,28)29)19-21-16(10-18(22-19)30-2)20-17-7-12(11-27)23-24-17/h10,12-15,17,23-24,27H,4-9,11H2,1-3H3,(H,20,21,22)/t12?,13-,14+,15?,17?. The number of aliphatic hydroxyl groups is 1. The first-order chi connectivity index (χ1) is 14.8. The van der Waals surface area contributed by atoms with Crippen LogP contribution in [-0.2, 0) is 10.0 Å². The number of aliphatic hydroxyl groups excluding tert-OH is 1. The van der Waals surface area contributed by atoms with Gasteiger partial charge in [-0.25, -0.2) is 13.8 Å². The molecule has 3 aliphatic heterocycles. The summed E-state index contributed by atoms with van der Waals surface area (Å²) in [6.45, 7) is 0.0563. The Morgan fingerprint density at radius 3 is 2.55 bits per heavy atom. The van der Waals surface area contributed by atoms with Crippen molar-refractivity contribution in [1.82, 2.24) is 25.1 Å². The first-order valence-electron chi connectivity index (χ1n) is 10.8. The number of hydrogen-bond acceptors (Lipinski definition) is 10. The van der Waals surface area contributed by atoms with Crippen molar-refractivity contribution in [2.75, 3.05) is 37.2 Å². The van der Waals surface area contributed by atoms with Crippen LogP contribution in [0.15, 0.2) is 6.07 Å². The predicted molar refractivity (Wildman–Crippen MR) is 117 cm³/mol. The smallest absolute Gasteiger partial charge is 0.230 e.